The van der Waals surface area contributed by atoms with Crippen LogP contribution in [-0.4, -0.2) is 41.0 Å². The first kappa shape index (κ1) is 20.7. The maximum absolute atomic E-state index is 12.8. The van der Waals surface area contributed by atoms with E-state index in [2.05, 4.69) is 13.8 Å². The molecule has 0 aliphatic carbocycles. The van der Waals surface area contributed by atoms with Crippen molar-refractivity contribution in [2.24, 2.45) is 0 Å². The van der Waals surface area contributed by atoms with E-state index in [0.717, 1.165) is 11.1 Å². The quantitative estimate of drug-likeness (QED) is 0.516. The molecular formula is C24H25NO4S. The second kappa shape index (κ2) is 8.26. The van der Waals surface area contributed by atoms with Gasteiger partial charge in [0.25, 0.3) is 0 Å². The number of carbonyl (C=O) groups is 3. The molecule has 2 aromatic carbocycles. The molecule has 4 rings (SSSR count). The highest BCUT2D eigenvalue weighted by atomic mass is 32.2. The van der Waals surface area contributed by atoms with E-state index in [1.54, 1.807) is 28.8 Å². The topological polar surface area (TPSA) is 63.7 Å². The van der Waals surface area contributed by atoms with Crippen LogP contribution in [0.4, 0.5) is 0 Å². The summed E-state index contributed by atoms with van der Waals surface area (Å²) in [6, 6.07) is 16.5. The number of carbonyl (C=O) groups excluding carboxylic acids is 3. The molecule has 6 heteroatoms. The minimum absolute atomic E-state index is 0.0404. The average Bonchev–Trinajstić information content (AvgIpc) is 3.32. The number of ketones is 1. The fraction of sp³-hybridized carbons (Fsp3) is 0.375. The van der Waals surface area contributed by atoms with Crippen LogP contribution in [0.25, 0.3) is 0 Å². The van der Waals surface area contributed by atoms with Gasteiger partial charge in [0.15, 0.2) is 12.4 Å². The van der Waals surface area contributed by atoms with Crippen LogP contribution in [0.3, 0.4) is 0 Å². The molecule has 2 aromatic rings. The Morgan fingerprint density at radius 2 is 1.83 bits per heavy atom. The Labute approximate surface area is 180 Å². The molecule has 0 saturated carbocycles. The van der Waals surface area contributed by atoms with Crippen molar-refractivity contribution in [3.8, 4) is 0 Å². The van der Waals surface area contributed by atoms with Crippen LogP contribution >= 0.6 is 11.8 Å². The van der Waals surface area contributed by atoms with E-state index in [1.807, 2.05) is 42.5 Å². The predicted molar refractivity (Wildman–Crippen MR) is 116 cm³/mol. The highest BCUT2D eigenvalue weighted by Crippen LogP contribution is 2.54. The Balaban J connectivity index is 1.44. The molecule has 0 unspecified atom stereocenters. The second-order valence-corrected chi connectivity index (χ2v) is 9.35. The summed E-state index contributed by atoms with van der Waals surface area (Å²) in [5.41, 5.74) is 2.69. The molecular weight excluding hydrogens is 398 g/mol. The molecule has 0 radical (unpaired) electrons. The number of thioether (sulfide) groups is 1. The number of esters is 1. The van der Waals surface area contributed by atoms with E-state index in [0.29, 0.717) is 30.1 Å². The standard InChI is InChI=1S/C24H25NO4S/c1-16(2)17-8-10-18(11-9-17)21(26)14-29-23(28)20-15-30-24(13-12-22(27)25(20)24)19-6-4-3-5-7-19/h3-11,16,20H,12-15H2,1-2H3/t20-,24-/m1/s1. The molecule has 0 spiro atoms. The number of rotatable bonds is 6. The Hall–Kier alpha value is -2.60. The van der Waals surface area contributed by atoms with Gasteiger partial charge in [-0.3, -0.25) is 9.59 Å². The normalized spacial score (nSPS) is 23.0. The zero-order valence-corrected chi connectivity index (χ0v) is 18.0. The summed E-state index contributed by atoms with van der Waals surface area (Å²) >= 11 is 1.61. The number of hydrogen-bond acceptors (Lipinski definition) is 5. The number of hydrogen-bond donors (Lipinski definition) is 0. The summed E-state index contributed by atoms with van der Waals surface area (Å²) in [4.78, 5) is 39.1. The largest absolute Gasteiger partial charge is 0.456 e. The fourth-order valence-corrected chi connectivity index (χ4v) is 5.82. The first-order chi connectivity index (χ1) is 14.4. The SMILES string of the molecule is CC(C)c1ccc(C(=O)COC(=O)[C@H]2CS[C@@]3(c4ccccc4)CCC(=O)N23)cc1. The molecule has 2 aliphatic rings. The monoisotopic (exact) mass is 423 g/mol. The molecule has 2 aliphatic heterocycles. The number of ether oxygens (including phenoxy) is 1. The van der Waals surface area contributed by atoms with Crippen LogP contribution in [0, 0.1) is 0 Å². The van der Waals surface area contributed by atoms with Gasteiger partial charge >= 0.3 is 5.97 Å². The number of fused-ring (bicyclic) bond motifs is 1. The van der Waals surface area contributed by atoms with Gasteiger partial charge in [0.2, 0.25) is 5.91 Å². The molecule has 1 amide bonds. The molecule has 2 heterocycles. The zero-order chi connectivity index (χ0) is 21.3. The van der Waals surface area contributed by atoms with Gasteiger partial charge in [0, 0.05) is 17.7 Å². The van der Waals surface area contributed by atoms with Crippen molar-refractivity contribution < 1.29 is 19.1 Å². The van der Waals surface area contributed by atoms with Gasteiger partial charge in [-0.1, -0.05) is 68.4 Å². The second-order valence-electron chi connectivity index (χ2n) is 8.05. The van der Waals surface area contributed by atoms with Crippen molar-refractivity contribution in [2.45, 2.75) is 43.5 Å². The lowest BCUT2D eigenvalue weighted by Gasteiger charge is -2.33. The third-order valence-corrected chi connectivity index (χ3v) is 7.47. The van der Waals surface area contributed by atoms with E-state index < -0.39 is 16.9 Å². The van der Waals surface area contributed by atoms with E-state index in [-0.39, 0.29) is 18.3 Å². The molecule has 5 nitrogen and oxygen atoms in total. The molecule has 0 aromatic heterocycles. The van der Waals surface area contributed by atoms with Gasteiger partial charge in [-0.25, -0.2) is 4.79 Å². The van der Waals surface area contributed by atoms with Gasteiger partial charge in [-0.15, -0.1) is 11.8 Å². The van der Waals surface area contributed by atoms with E-state index >= 15 is 0 Å². The Kier molecular flexibility index (Phi) is 5.69. The lowest BCUT2D eigenvalue weighted by molar-refractivity contribution is -0.152. The van der Waals surface area contributed by atoms with Crippen molar-refractivity contribution in [3.63, 3.8) is 0 Å². The van der Waals surface area contributed by atoms with Crippen molar-refractivity contribution >= 4 is 29.4 Å². The van der Waals surface area contributed by atoms with Gasteiger partial charge in [-0.2, -0.15) is 0 Å². The zero-order valence-electron chi connectivity index (χ0n) is 17.2. The lowest BCUT2D eigenvalue weighted by atomic mass is 10.0. The van der Waals surface area contributed by atoms with Crippen molar-refractivity contribution in [2.75, 3.05) is 12.4 Å². The molecule has 2 atom stereocenters. The van der Waals surface area contributed by atoms with Crippen LogP contribution < -0.4 is 0 Å². The summed E-state index contributed by atoms with van der Waals surface area (Å²) in [6.07, 6.45) is 1.08. The Morgan fingerprint density at radius 1 is 1.13 bits per heavy atom. The van der Waals surface area contributed by atoms with E-state index in [9.17, 15) is 14.4 Å². The van der Waals surface area contributed by atoms with Crippen LogP contribution in [-0.2, 0) is 19.2 Å². The molecule has 0 bridgehead atoms. The molecule has 2 fully saturated rings. The molecule has 156 valence electrons. The third-order valence-electron chi connectivity index (χ3n) is 5.87. The van der Waals surface area contributed by atoms with Crippen LogP contribution in [0.2, 0.25) is 0 Å². The average molecular weight is 424 g/mol. The fourth-order valence-electron chi connectivity index (χ4n) is 4.19. The minimum atomic E-state index is -0.665. The van der Waals surface area contributed by atoms with Crippen molar-refractivity contribution in [1.29, 1.82) is 0 Å². The highest BCUT2D eigenvalue weighted by Gasteiger charge is 2.57. The van der Waals surface area contributed by atoms with Gasteiger partial charge in [-0.05, 0) is 23.5 Å². The maximum atomic E-state index is 12.8. The Morgan fingerprint density at radius 3 is 2.50 bits per heavy atom. The van der Waals surface area contributed by atoms with Crippen LogP contribution in [0.5, 0.6) is 0 Å². The number of amides is 1. The summed E-state index contributed by atoms with van der Waals surface area (Å²) in [5.74, 6) is 0.0572. The molecule has 0 N–H and O–H groups in total. The van der Waals surface area contributed by atoms with Crippen molar-refractivity contribution in [1.82, 2.24) is 4.90 Å². The van der Waals surface area contributed by atoms with Crippen LogP contribution in [0.15, 0.2) is 54.6 Å². The smallest absolute Gasteiger partial charge is 0.330 e. The lowest BCUT2D eigenvalue weighted by Crippen LogP contribution is -2.47. The van der Waals surface area contributed by atoms with Crippen LogP contribution in [0.1, 0.15) is 54.1 Å². The van der Waals surface area contributed by atoms with Crippen molar-refractivity contribution in [3.05, 3.63) is 71.3 Å². The molecule has 30 heavy (non-hydrogen) atoms. The summed E-state index contributed by atoms with van der Waals surface area (Å²) < 4.78 is 5.36. The Bertz CT molecular complexity index is 957. The first-order valence-electron chi connectivity index (χ1n) is 10.2. The van der Waals surface area contributed by atoms with Gasteiger partial charge in [0.05, 0.1) is 0 Å². The first-order valence-corrected chi connectivity index (χ1v) is 11.2. The van der Waals surface area contributed by atoms with Gasteiger partial charge in [0.1, 0.15) is 10.9 Å². The third kappa shape index (κ3) is 3.65. The number of nitrogens with zero attached hydrogens (tertiary/aromatic N) is 1. The minimum Gasteiger partial charge on any atom is -0.456 e. The summed E-state index contributed by atoms with van der Waals surface area (Å²) in [7, 11) is 0. The van der Waals surface area contributed by atoms with E-state index in [1.165, 1.54) is 0 Å². The predicted octanol–water partition coefficient (Wildman–Crippen LogP) is 4.13. The number of Topliss-reactive ketones (excluding diaryl/α,β-unsaturated/α-hetero) is 1. The van der Waals surface area contributed by atoms with E-state index in [4.69, 9.17) is 4.74 Å². The van der Waals surface area contributed by atoms with Gasteiger partial charge < -0.3 is 9.64 Å². The number of benzene rings is 2. The maximum Gasteiger partial charge on any atom is 0.330 e. The summed E-state index contributed by atoms with van der Waals surface area (Å²) in [5, 5.41) is 0. The summed E-state index contributed by atoms with van der Waals surface area (Å²) in [6.45, 7) is 3.86. The highest BCUT2D eigenvalue weighted by molar-refractivity contribution is 8.00. The molecule has 2 saturated heterocycles.